The van der Waals surface area contributed by atoms with Crippen LogP contribution < -0.4 is 5.32 Å². The molecule has 0 radical (unpaired) electrons. The van der Waals surface area contributed by atoms with E-state index in [2.05, 4.69) is 53.5 Å². The highest BCUT2D eigenvalue weighted by Gasteiger charge is 2.04. The fraction of sp³-hybridized carbons (Fsp3) is 0.333. The van der Waals surface area contributed by atoms with Gasteiger partial charge in [-0.05, 0) is 38.1 Å². The minimum absolute atomic E-state index is 0.838. The summed E-state index contributed by atoms with van der Waals surface area (Å²) in [6.45, 7) is 5.92. The first-order valence-electron chi connectivity index (χ1n) is 5.57. The molecule has 0 unspecified atom stereocenters. The Kier molecular flexibility index (Phi) is 3.19. The minimum Gasteiger partial charge on any atom is -0.385 e. The van der Waals surface area contributed by atoms with Gasteiger partial charge in [-0.3, -0.25) is 0 Å². The Labute approximate surface area is 95.3 Å². The maximum atomic E-state index is 4.26. The second-order valence-corrected chi connectivity index (χ2v) is 3.51. The van der Waals surface area contributed by atoms with Crippen molar-refractivity contribution in [2.24, 2.45) is 0 Å². The summed E-state index contributed by atoms with van der Waals surface area (Å²) in [5, 5.41) is 7.43. The number of nitrogens with zero attached hydrogens (tertiary/aromatic N) is 3. The molecule has 4 nitrogen and oxygen atoms in total. The maximum absolute atomic E-state index is 4.26. The highest BCUT2D eigenvalue weighted by Crippen LogP contribution is 2.18. The van der Waals surface area contributed by atoms with E-state index in [0.717, 1.165) is 30.2 Å². The summed E-state index contributed by atoms with van der Waals surface area (Å²) in [4.78, 5) is 4.26. The molecule has 1 N–H and O–H groups in total. The van der Waals surface area contributed by atoms with E-state index < -0.39 is 0 Å². The zero-order valence-corrected chi connectivity index (χ0v) is 9.64. The first kappa shape index (κ1) is 10.7. The largest absolute Gasteiger partial charge is 0.385 e. The van der Waals surface area contributed by atoms with Gasteiger partial charge in [0.1, 0.15) is 6.33 Å². The van der Waals surface area contributed by atoms with Crippen LogP contribution in [0.25, 0.3) is 11.4 Å². The molecule has 2 aromatic rings. The number of rotatable bonds is 4. The molecule has 0 atom stereocenters. The lowest BCUT2D eigenvalue weighted by molar-refractivity contribution is 0.666. The second-order valence-electron chi connectivity index (χ2n) is 3.51. The molecule has 0 bridgehead atoms. The molecule has 2 rings (SSSR count). The third kappa shape index (κ3) is 2.05. The maximum Gasteiger partial charge on any atom is 0.158 e. The van der Waals surface area contributed by atoms with E-state index in [1.807, 2.05) is 4.68 Å². The van der Waals surface area contributed by atoms with Crippen molar-refractivity contribution < 1.29 is 0 Å². The first-order valence-corrected chi connectivity index (χ1v) is 5.57. The molecule has 0 fully saturated rings. The van der Waals surface area contributed by atoms with Gasteiger partial charge >= 0.3 is 0 Å². The molecule has 84 valence electrons. The van der Waals surface area contributed by atoms with Gasteiger partial charge in [0, 0.05) is 24.3 Å². The monoisotopic (exact) mass is 216 g/mol. The molecule has 0 saturated heterocycles. The predicted molar refractivity (Wildman–Crippen MR) is 65.3 cm³/mol. The zero-order chi connectivity index (χ0) is 11.4. The fourth-order valence-electron chi connectivity index (χ4n) is 1.66. The van der Waals surface area contributed by atoms with Gasteiger partial charge in [0.05, 0.1) is 0 Å². The average Bonchev–Trinajstić information content (AvgIpc) is 2.78. The van der Waals surface area contributed by atoms with E-state index in [0.29, 0.717) is 0 Å². The van der Waals surface area contributed by atoms with Crippen molar-refractivity contribution >= 4 is 5.69 Å². The molecule has 0 aliphatic carbocycles. The number of nitrogens with one attached hydrogen (secondary N) is 1. The van der Waals surface area contributed by atoms with Crippen LogP contribution in [0.1, 0.15) is 13.8 Å². The molecule has 0 aliphatic rings. The van der Waals surface area contributed by atoms with Gasteiger partial charge in [-0.2, -0.15) is 5.10 Å². The van der Waals surface area contributed by atoms with Gasteiger partial charge in [-0.1, -0.05) is 0 Å². The molecular formula is C12H16N4. The number of aryl methyl sites for hydroxylation is 1. The van der Waals surface area contributed by atoms with Crippen molar-refractivity contribution in [1.29, 1.82) is 0 Å². The van der Waals surface area contributed by atoms with E-state index in [4.69, 9.17) is 0 Å². The van der Waals surface area contributed by atoms with E-state index in [1.54, 1.807) is 6.33 Å². The van der Waals surface area contributed by atoms with Crippen LogP contribution in [0, 0.1) is 0 Å². The lowest BCUT2D eigenvalue weighted by Gasteiger charge is -2.05. The van der Waals surface area contributed by atoms with Crippen LogP contribution in [0.15, 0.2) is 30.6 Å². The summed E-state index contributed by atoms with van der Waals surface area (Å²) in [5.74, 6) is 0.922. The molecule has 1 aromatic heterocycles. The summed E-state index contributed by atoms with van der Waals surface area (Å²) in [6, 6.07) is 8.25. The Morgan fingerprint density at radius 3 is 2.56 bits per heavy atom. The highest BCUT2D eigenvalue weighted by atomic mass is 15.3. The van der Waals surface area contributed by atoms with Crippen LogP contribution in [0.2, 0.25) is 0 Å². The number of hydrogen-bond donors (Lipinski definition) is 1. The van der Waals surface area contributed by atoms with Gasteiger partial charge in [-0.25, -0.2) is 9.67 Å². The average molecular weight is 216 g/mol. The Hall–Kier alpha value is -1.84. The topological polar surface area (TPSA) is 42.7 Å². The molecular weight excluding hydrogens is 200 g/mol. The molecule has 0 amide bonds. The number of anilines is 1. The van der Waals surface area contributed by atoms with Crippen molar-refractivity contribution in [1.82, 2.24) is 14.8 Å². The van der Waals surface area contributed by atoms with E-state index in [-0.39, 0.29) is 0 Å². The zero-order valence-electron chi connectivity index (χ0n) is 9.64. The predicted octanol–water partition coefficient (Wildman–Crippen LogP) is 2.40. The second kappa shape index (κ2) is 4.79. The lowest BCUT2D eigenvalue weighted by atomic mass is 10.2. The van der Waals surface area contributed by atoms with Crippen molar-refractivity contribution in [2.75, 3.05) is 11.9 Å². The molecule has 0 aliphatic heterocycles. The van der Waals surface area contributed by atoms with Crippen molar-refractivity contribution in [3.8, 4) is 11.4 Å². The normalized spacial score (nSPS) is 10.4. The summed E-state index contributed by atoms with van der Waals surface area (Å²) in [6.07, 6.45) is 1.59. The van der Waals surface area contributed by atoms with Crippen molar-refractivity contribution in [2.45, 2.75) is 20.4 Å². The molecule has 1 aromatic carbocycles. The number of aromatic nitrogens is 3. The third-order valence-corrected chi connectivity index (χ3v) is 2.44. The third-order valence-electron chi connectivity index (χ3n) is 2.44. The number of benzene rings is 1. The molecule has 0 saturated carbocycles. The van der Waals surface area contributed by atoms with Crippen LogP contribution >= 0.6 is 0 Å². The van der Waals surface area contributed by atoms with Crippen molar-refractivity contribution in [3.63, 3.8) is 0 Å². The summed E-state index contributed by atoms with van der Waals surface area (Å²) >= 11 is 0. The Balaban J connectivity index is 2.27. The first-order chi connectivity index (χ1) is 7.85. The van der Waals surface area contributed by atoms with Crippen LogP contribution in [-0.2, 0) is 6.54 Å². The Morgan fingerprint density at radius 1 is 1.19 bits per heavy atom. The molecule has 16 heavy (non-hydrogen) atoms. The summed E-state index contributed by atoms with van der Waals surface area (Å²) in [5.41, 5.74) is 2.23. The van der Waals surface area contributed by atoms with Crippen LogP contribution in [0.4, 0.5) is 5.69 Å². The van der Waals surface area contributed by atoms with Gasteiger partial charge in [0.15, 0.2) is 5.82 Å². The SMILES string of the molecule is CCNc1ccc(-c2ncnn2CC)cc1. The van der Waals surface area contributed by atoms with Crippen LogP contribution in [0.5, 0.6) is 0 Å². The lowest BCUT2D eigenvalue weighted by Crippen LogP contribution is -2.00. The van der Waals surface area contributed by atoms with Gasteiger partial charge in [-0.15, -0.1) is 0 Å². The molecule has 1 heterocycles. The van der Waals surface area contributed by atoms with Crippen LogP contribution in [0.3, 0.4) is 0 Å². The minimum atomic E-state index is 0.838. The molecule has 0 spiro atoms. The summed E-state index contributed by atoms with van der Waals surface area (Å²) < 4.78 is 1.89. The quantitative estimate of drug-likeness (QED) is 0.853. The van der Waals surface area contributed by atoms with Gasteiger partial charge in [0.2, 0.25) is 0 Å². The van der Waals surface area contributed by atoms with Crippen molar-refractivity contribution in [3.05, 3.63) is 30.6 Å². The van der Waals surface area contributed by atoms with Gasteiger partial charge in [0.25, 0.3) is 0 Å². The number of hydrogen-bond acceptors (Lipinski definition) is 3. The fourth-order valence-corrected chi connectivity index (χ4v) is 1.66. The van der Waals surface area contributed by atoms with E-state index in [1.165, 1.54) is 0 Å². The standard InChI is InChI=1S/C12H16N4/c1-3-13-11-7-5-10(6-8-11)12-14-9-15-16(12)4-2/h5-9,13H,3-4H2,1-2H3. The highest BCUT2D eigenvalue weighted by molar-refractivity contribution is 5.59. The van der Waals surface area contributed by atoms with E-state index >= 15 is 0 Å². The summed E-state index contributed by atoms with van der Waals surface area (Å²) in [7, 11) is 0. The molecule has 4 heteroatoms. The Bertz CT molecular complexity index is 444. The Morgan fingerprint density at radius 2 is 1.94 bits per heavy atom. The smallest absolute Gasteiger partial charge is 0.158 e. The van der Waals surface area contributed by atoms with Crippen LogP contribution in [-0.4, -0.2) is 21.3 Å². The van der Waals surface area contributed by atoms with Gasteiger partial charge < -0.3 is 5.32 Å². The van der Waals surface area contributed by atoms with E-state index in [9.17, 15) is 0 Å².